The van der Waals surface area contributed by atoms with Crippen LogP contribution in [-0.2, 0) is 13.0 Å². The number of hydrogen-bond acceptors (Lipinski definition) is 5. The highest BCUT2D eigenvalue weighted by Crippen LogP contribution is 2.34. The Morgan fingerprint density at radius 3 is 2.69 bits per heavy atom. The molecule has 0 saturated carbocycles. The molecule has 1 N–H and O–H groups in total. The number of carbonyl (C=O) groups excluding carboxylic acids is 1. The van der Waals surface area contributed by atoms with Crippen LogP contribution < -0.4 is 14.9 Å². The fourth-order valence-corrected chi connectivity index (χ4v) is 3.23. The van der Waals surface area contributed by atoms with E-state index in [1.807, 2.05) is 30.3 Å². The molecule has 0 atom stereocenters. The number of hydrogen-bond donors (Lipinski definition) is 1. The Kier molecular flexibility index (Phi) is 8.25. The number of carbonyl (C=O) groups is 1. The quantitative estimate of drug-likeness (QED) is 0.195. The predicted molar refractivity (Wildman–Crippen MR) is 127 cm³/mol. The Morgan fingerprint density at radius 2 is 2.00 bits per heavy atom. The molecule has 1 aromatic heterocycles. The maximum atomic E-state index is 12.2. The van der Waals surface area contributed by atoms with Gasteiger partial charge >= 0.3 is 0 Å². The summed E-state index contributed by atoms with van der Waals surface area (Å²) in [6, 6.07) is 14.3. The average Bonchev–Trinajstić information content (AvgIpc) is 2.79. The molecule has 0 aliphatic carbocycles. The summed E-state index contributed by atoms with van der Waals surface area (Å²) in [6.45, 7) is 4.17. The van der Waals surface area contributed by atoms with Crippen LogP contribution in [0.15, 0.2) is 72.5 Å². The van der Waals surface area contributed by atoms with Crippen molar-refractivity contribution in [2.75, 3.05) is 7.11 Å². The summed E-state index contributed by atoms with van der Waals surface area (Å²) < 4.78 is 11.6. The lowest BCUT2D eigenvalue weighted by Gasteiger charge is -2.16. The number of hydrazone groups is 1. The number of allylic oxidation sites excluding steroid dienone is 1. The van der Waals surface area contributed by atoms with Gasteiger partial charge in [0.25, 0.3) is 5.91 Å². The third-order valence-corrected chi connectivity index (χ3v) is 4.97. The van der Waals surface area contributed by atoms with E-state index in [0.717, 1.165) is 16.7 Å². The molecule has 3 rings (SSSR count). The van der Waals surface area contributed by atoms with Crippen LogP contribution in [0.2, 0.25) is 10.2 Å². The van der Waals surface area contributed by atoms with E-state index in [4.69, 9.17) is 32.7 Å². The van der Waals surface area contributed by atoms with Gasteiger partial charge in [0.2, 0.25) is 0 Å². The Morgan fingerprint density at radius 1 is 1.22 bits per heavy atom. The fourth-order valence-electron chi connectivity index (χ4n) is 2.90. The van der Waals surface area contributed by atoms with Gasteiger partial charge in [-0.3, -0.25) is 4.79 Å². The summed E-state index contributed by atoms with van der Waals surface area (Å²) in [6.07, 6.45) is 5.36. The summed E-state index contributed by atoms with van der Waals surface area (Å²) in [4.78, 5) is 16.1. The molecule has 8 heteroatoms. The number of nitrogens with one attached hydrogen (secondary N) is 1. The first kappa shape index (κ1) is 23.3. The van der Waals surface area contributed by atoms with Gasteiger partial charge in [0.1, 0.15) is 11.8 Å². The summed E-state index contributed by atoms with van der Waals surface area (Å²) in [7, 11) is 1.56. The first-order valence-electron chi connectivity index (χ1n) is 9.64. The van der Waals surface area contributed by atoms with Crippen molar-refractivity contribution >= 4 is 35.3 Å². The van der Waals surface area contributed by atoms with Gasteiger partial charge in [-0.05, 0) is 53.9 Å². The molecule has 0 fully saturated rings. The van der Waals surface area contributed by atoms with Gasteiger partial charge in [0.05, 0.1) is 18.9 Å². The second-order valence-electron chi connectivity index (χ2n) is 6.66. The summed E-state index contributed by atoms with van der Waals surface area (Å²) >= 11 is 11.9. The molecule has 164 valence electrons. The first-order chi connectivity index (χ1) is 15.5. The van der Waals surface area contributed by atoms with Gasteiger partial charge in [0, 0.05) is 16.8 Å². The molecule has 32 heavy (non-hydrogen) atoms. The van der Waals surface area contributed by atoms with E-state index in [9.17, 15) is 4.79 Å². The van der Waals surface area contributed by atoms with Crippen LogP contribution in [0.5, 0.6) is 11.5 Å². The third kappa shape index (κ3) is 6.09. The number of pyridine rings is 1. The number of amides is 1. The molecule has 1 heterocycles. The second-order valence-corrected chi connectivity index (χ2v) is 7.45. The molecule has 6 nitrogen and oxygen atoms in total. The highest BCUT2D eigenvalue weighted by molar-refractivity contribution is 6.32. The summed E-state index contributed by atoms with van der Waals surface area (Å²) in [5.74, 6) is 0.701. The van der Waals surface area contributed by atoms with E-state index < -0.39 is 5.91 Å². The maximum Gasteiger partial charge on any atom is 0.274 e. The maximum absolute atomic E-state index is 12.2. The second kappa shape index (κ2) is 11.3. The van der Waals surface area contributed by atoms with Crippen LogP contribution in [-0.4, -0.2) is 24.2 Å². The molecule has 0 aliphatic heterocycles. The monoisotopic (exact) mass is 469 g/mol. The normalized spacial score (nSPS) is 10.7. The van der Waals surface area contributed by atoms with Gasteiger partial charge in [-0.2, -0.15) is 5.10 Å². The lowest BCUT2D eigenvalue weighted by molar-refractivity contribution is 0.0955. The fraction of sp³-hybridized carbons (Fsp3) is 0.125. The number of methoxy groups -OCH3 is 1. The standard InChI is InChI=1S/C24H21Cl2N3O3/c1-3-5-18-12-17(14-28-29-24(30)20-6-4-11-27-23(20)26)13-21(31-2)22(18)32-15-16-7-9-19(25)10-8-16/h3-4,6-14H,1,5,15H2,2H3,(H,29,30). The molecule has 2 aromatic carbocycles. The number of aromatic nitrogens is 1. The lowest BCUT2D eigenvalue weighted by atomic mass is 10.1. The Labute approximate surface area is 196 Å². The smallest absolute Gasteiger partial charge is 0.274 e. The lowest BCUT2D eigenvalue weighted by Crippen LogP contribution is -2.18. The summed E-state index contributed by atoms with van der Waals surface area (Å²) in [5.41, 5.74) is 5.25. The SMILES string of the molecule is C=CCc1cc(C=NNC(=O)c2cccnc2Cl)cc(OC)c1OCc1ccc(Cl)cc1. The largest absolute Gasteiger partial charge is 0.493 e. The van der Waals surface area contributed by atoms with E-state index in [0.29, 0.717) is 29.5 Å². The van der Waals surface area contributed by atoms with Crippen molar-refractivity contribution in [3.63, 3.8) is 0 Å². The van der Waals surface area contributed by atoms with Crippen molar-refractivity contribution in [3.05, 3.63) is 99.8 Å². The van der Waals surface area contributed by atoms with Crippen molar-refractivity contribution < 1.29 is 14.3 Å². The number of ether oxygens (including phenoxy) is 2. The number of halogens is 2. The first-order valence-corrected chi connectivity index (χ1v) is 10.4. The molecule has 0 saturated heterocycles. The number of rotatable bonds is 9. The molecular weight excluding hydrogens is 449 g/mol. The highest BCUT2D eigenvalue weighted by Gasteiger charge is 2.13. The Bertz CT molecular complexity index is 1130. The Balaban J connectivity index is 1.78. The number of benzene rings is 2. The molecule has 3 aromatic rings. The van der Waals surface area contributed by atoms with Crippen LogP contribution in [0.3, 0.4) is 0 Å². The molecule has 0 unspecified atom stereocenters. The average molecular weight is 470 g/mol. The highest BCUT2D eigenvalue weighted by atomic mass is 35.5. The molecule has 0 spiro atoms. The zero-order chi connectivity index (χ0) is 22.9. The van der Waals surface area contributed by atoms with Gasteiger partial charge in [-0.15, -0.1) is 6.58 Å². The third-order valence-electron chi connectivity index (χ3n) is 4.42. The van der Waals surface area contributed by atoms with Crippen molar-refractivity contribution in [1.82, 2.24) is 10.4 Å². The van der Waals surface area contributed by atoms with Crippen LogP contribution >= 0.6 is 23.2 Å². The van der Waals surface area contributed by atoms with Gasteiger partial charge in [-0.1, -0.05) is 41.4 Å². The van der Waals surface area contributed by atoms with Crippen LogP contribution in [0.25, 0.3) is 0 Å². The van der Waals surface area contributed by atoms with Crippen LogP contribution in [0, 0.1) is 0 Å². The van der Waals surface area contributed by atoms with E-state index in [1.54, 1.807) is 31.4 Å². The minimum atomic E-state index is -0.458. The predicted octanol–water partition coefficient (Wildman–Crippen LogP) is 5.47. The van der Waals surface area contributed by atoms with E-state index in [1.165, 1.54) is 12.4 Å². The molecule has 0 radical (unpaired) electrons. The molecule has 1 amide bonds. The van der Waals surface area contributed by atoms with Crippen molar-refractivity contribution in [1.29, 1.82) is 0 Å². The van der Waals surface area contributed by atoms with Gasteiger partial charge in [-0.25, -0.2) is 10.4 Å². The van der Waals surface area contributed by atoms with Gasteiger partial charge in [0.15, 0.2) is 11.5 Å². The summed E-state index contributed by atoms with van der Waals surface area (Å²) in [5, 5.41) is 4.80. The molecular formula is C24H21Cl2N3O3. The Hall–Kier alpha value is -3.35. The van der Waals surface area contributed by atoms with Crippen molar-refractivity contribution in [3.8, 4) is 11.5 Å². The van der Waals surface area contributed by atoms with Crippen molar-refractivity contribution in [2.45, 2.75) is 13.0 Å². The zero-order valence-corrected chi connectivity index (χ0v) is 18.9. The number of nitrogens with zero attached hydrogens (tertiary/aromatic N) is 2. The van der Waals surface area contributed by atoms with Crippen molar-refractivity contribution in [2.24, 2.45) is 5.10 Å². The minimum absolute atomic E-state index is 0.109. The zero-order valence-electron chi connectivity index (χ0n) is 17.3. The molecule has 0 aliphatic rings. The van der Waals surface area contributed by atoms with E-state index in [-0.39, 0.29) is 10.7 Å². The topological polar surface area (TPSA) is 72.8 Å². The van der Waals surface area contributed by atoms with Crippen LogP contribution in [0.1, 0.15) is 27.0 Å². The van der Waals surface area contributed by atoms with Gasteiger partial charge < -0.3 is 9.47 Å². The minimum Gasteiger partial charge on any atom is -0.493 e. The van der Waals surface area contributed by atoms with E-state index in [2.05, 4.69) is 22.1 Å². The molecule has 0 bridgehead atoms. The van der Waals surface area contributed by atoms with Crippen LogP contribution in [0.4, 0.5) is 0 Å². The van der Waals surface area contributed by atoms with E-state index >= 15 is 0 Å².